The third-order valence-electron chi connectivity index (χ3n) is 2.50. The third kappa shape index (κ3) is 2.59. The molecule has 0 saturated heterocycles. The predicted molar refractivity (Wildman–Crippen MR) is 64.3 cm³/mol. The van der Waals surface area contributed by atoms with E-state index in [-0.39, 0.29) is 23.6 Å². The van der Waals surface area contributed by atoms with Crippen molar-refractivity contribution in [3.05, 3.63) is 46.2 Å². The molecule has 1 aromatic carbocycles. The van der Waals surface area contributed by atoms with Crippen LogP contribution in [0.5, 0.6) is 0 Å². The highest BCUT2D eigenvalue weighted by Gasteiger charge is 2.29. The average molecular weight is 262 g/mol. The maximum absolute atomic E-state index is 11.2. The number of carbonyl (C=O) groups excluding carboxylic acids is 1. The molecule has 1 aromatic heterocycles. The van der Waals surface area contributed by atoms with E-state index in [1.54, 1.807) is 30.3 Å². The van der Waals surface area contributed by atoms with Gasteiger partial charge in [0.15, 0.2) is 5.69 Å². The fraction of sp³-hybridized carbons (Fsp3) is 0.167. The van der Waals surface area contributed by atoms with Gasteiger partial charge in [-0.05, 0) is 0 Å². The Balaban J connectivity index is 2.46. The summed E-state index contributed by atoms with van der Waals surface area (Å²) in [4.78, 5) is 21.7. The van der Waals surface area contributed by atoms with Crippen molar-refractivity contribution in [2.75, 3.05) is 7.11 Å². The Bertz CT molecular complexity index is 606. The van der Waals surface area contributed by atoms with E-state index in [2.05, 4.69) is 9.89 Å². The Morgan fingerprint density at radius 1 is 1.42 bits per heavy atom. The molecule has 0 fully saturated rings. The Morgan fingerprint density at radius 2 is 2.11 bits per heavy atom. The number of benzene rings is 1. The highest BCUT2D eigenvalue weighted by Crippen LogP contribution is 2.32. The van der Waals surface area contributed by atoms with Crippen LogP contribution >= 0.6 is 0 Å². The van der Waals surface area contributed by atoms with Crippen LogP contribution in [0.3, 0.4) is 0 Å². The van der Waals surface area contributed by atoms with Gasteiger partial charge in [-0.2, -0.15) is 0 Å². The summed E-state index contributed by atoms with van der Waals surface area (Å²) in [5, 5.41) is 14.8. The van der Waals surface area contributed by atoms with E-state index in [0.717, 1.165) is 0 Å². The quantitative estimate of drug-likeness (QED) is 0.474. The number of nitrogens with zero attached hydrogens (tertiary/aromatic N) is 2. The van der Waals surface area contributed by atoms with Gasteiger partial charge in [0.1, 0.15) is 6.42 Å². The zero-order valence-corrected chi connectivity index (χ0v) is 10.0. The number of hydrogen-bond acceptors (Lipinski definition) is 6. The first-order valence-corrected chi connectivity index (χ1v) is 5.38. The van der Waals surface area contributed by atoms with E-state index < -0.39 is 10.9 Å². The lowest BCUT2D eigenvalue weighted by Crippen LogP contribution is -2.05. The van der Waals surface area contributed by atoms with Crippen LogP contribution in [-0.2, 0) is 16.0 Å². The first-order valence-electron chi connectivity index (χ1n) is 5.38. The molecule has 0 aliphatic rings. The molecule has 0 bridgehead atoms. The standard InChI is InChI=1S/C12H10N2O5/c1-18-10(15)7-9-12(14(16)17)11(13-19-9)8-5-3-2-4-6-8/h2-6H,7H2,1H3. The van der Waals surface area contributed by atoms with Crippen molar-refractivity contribution in [1.29, 1.82) is 0 Å². The molecule has 0 aliphatic carbocycles. The number of esters is 1. The molecule has 0 unspecified atom stereocenters. The van der Waals surface area contributed by atoms with E-state index in [1.807, 2.05) is 0 Å². The van der Waals surface area contributed by atoms with Crippen molar-refractivity contribution in [3.8, 4) is 11.3 Å². The summed E-state index contributed by atoms with van der Waals surface area (Å²) >= 11 is 0. The highest BCUT2D eigenvalue weighted by molar-refractivity contribution is 5.77. The first-order chi connectivity index (χ1) is 9.13. The number of ether oxygens (including phenoxy) is 1. The molecule has 0 aliphatic heterocycles. The topological polar surface area (TPSA) is 95.5 Å². The molecule has 98 valence electrons. The van der Waals surface area contributed by atoms with E-state index in [0.29, 0.717) is 5.56 Å². The van der Waals surface area contributed by atoms with E-state index in [9.17, 15) is 14.9 Å². The van der Waals surface area contributed by atoms with E-state index in [4.69, 9.17) is 4.52 Å². The van der Waals surface area contributed by atoms with Crippen molar-refractivity contribution < 1.29 is 19.0 Å². The van der Waals surface area contributed by atoms with Gasteiger partial charge in [-0.15, -0.1) is 0 Å². The van der Waals surface area contributed by atoms with Crippen LogP contribution in [0.15, 0.2) is 34.9 Å². The fourth-order valence-corrected chi connectivity index (χ4v) is 1.61. The number of methoxy groups -OCH3 is 1. The van der Waals surface area contributed by atoms with Crippen molar-refractivity contribution in [2.45, 2.75) is 6.42 Å². The number of hydrogen-bond donors (Lipinski definition) is 0. The molecule has 7 nitrogen and oxygen atoms in total. The zero-order chi connectivity index (χ0) is 13.8. The molecule has 0 N–H and O–H groups in total. The fourth-order valence-electron chi connectivity index (χ4n) is 1.61. The van der Waals surface area contributed by atoms with Crippen LogP contribution in [0.4, 0.5) is 5.69 Å². The van der Waals surface area contributed by atoms with Crippen LogP contribution < -0.4 is 0 Å². The lowest BCUT2D eigenvalue weighted by Gasteiger charge is -1.96. The molecule has 0 amide bonds. The van der Waals surface area contributed by atoms with Crippen molar-refractivity contribution in [3.63, 3.8) is 0 Å². The molecule has 7 heteroatoms. The van der Waals surface area contributed by atoms with Gasteiger partial charge >= 0.3 is 11.7 Å². The van der Waals surface area contributed by atoms with Gasteiger partial charge in [0, 0.05) is 5.56 Å². The van der Waals surface area contributed by atoms with Crippen molar-refractivity contribution in [2.24, 2.45) is 0 Å². The second kappa shape index (κ2) is 5.30. The number of aromatic nitrogens is 1. The van der Waals surface area contributed by atoms with Gasteiger partial charge < -0.3 is 9.26 Å². The lowest BCUT2D eigenvalue weighted by molar-refractivity contribution is -0.385. The maximum Gasteiger partial charge on any atom is 0.340 e. The largest absolute Gasteiger partial charge is 0.469 e. The lowest BCUT2D eigenvalue weighted by atomic mass is 10.1. The normalized spacial score (nSPS) is 10.2. The van der Waals surface area contributed by atoms with Crippen LogP contribution in [0.25, 0.3) is 11.3 Å². The van der Waals surface area contributed by atoms with E-state index >= 15 is 0 Å². The van der Waals surface area contributed by atoms with Gasteiger partial charge in [0.05, 0.1) is 12.0 Å². The second-order valence-electron chi connectivity index (χ2n) is 3.68. The molecule has 0 spiro atoms. The summed E-state index contributed by atoms with van der Waals surface area (Å²) in [6.07, 6.45) is -0.327. The molecule has 19 heavy (non-hydrogen) atoms. The second-order valence-corrected chi connectivity index (χ2v) is 3.68. The molecule has 1 heterocycles. The number of nitro groups is 1. The highest BCUT2D eigenvalue weighted by atomic mass is 16.6. The van der Waals surface area contributed by atoms with Crippen molar-refractivity contribution >= 4 is 11.7 Å². The first kappa shape index (κ1) is 12.7. The van der Waals surface area contributed by atoms with Gasteiger partial charge in [0.2, 0.25) is 5.76 Å². The van der Waals surface area contributed by atoms with E-state index in [1.165, 1.54) is 7.11 Å². The number of rotatable bonds is 4. The summed E-state index contributed by atoms with van der Waals surface area (Å²) in [6.45, 7) is 0. The SMILES string of the molecule is COC(=O)Cc1onc(-c2ccccc2)c1[N+](=O)[O-]. The molecule has 2 rings (SSSR count). The summed E-state index contributed by atoms with van der Waals surface area (Å²) < 4.78 is 9.35. The van der Waals surface area contributed by atoms with Crippen LogP contribution in [0, 0.1) is 10.1 Å². The smallest absolute Gasteiger partial charge is 0.340 e. The predicted octanol–water partition coefficient (Wildman–Crippen LogP) is 1.97. The van der Waals surface area contributed by atoms with Crippen molar-refractivity contribution in [1.82, 2.24) is 5.16 Å². The summed E-state index contributed by atoms with van der Waals surface area (Å²) in [5.74, 6) is -0.741. The molecule has 0 saturated carbocycles. The Labute approximate surface area is 107 Å². The summed E-state index contributed by atoms with van der Waals surface area (Å²) in [6, 6.07) is 8.59. The summed E-state index contributed by atoms with van der Waals surface area (Å²) in [5.41, 5.74) is 0.343. The Morgan fingerprint density at radius 3 is 2.68 bits per heavy atom. The third-order valence-corrected chi connectivity index (χ3v) is 2.50. The zero-order valence-electron chi connectivity index (χ0n) is 10.0. The summed E-state index contributed by atoms with van der Waals surface area (Å²) in [7, 11) is 1.20. The number of carbonyl (C=O) groups is 1. The maximum atomic E-state index is 11.2. The monoisotopic (exact) mass is 262 g/mol. The average Bonchev–Trinajstić information content (AvgIpc) is 2.83. The van der Waals surface area contributed by atoms with Gasteiger partial charge in [-0.1, -0.05) is 35.5 Å². The minimum absolute atomic E-state index is 0.101. The molecule has 0 radical (unpaired) electrons. The minimum Gasteiger partial charge on any atom is -0.469 e. The van der Waals surface area contributed by atoms with Crippen LogP contribution in [-0.4, -0.2) is 23.2 Å². The van der Waals surface area contributed by atoms with Crippen LogP contribution in [0.1, 0.15) is 5.76 Å². The van der Waals surface area contributed by atoms with Gasteiger partial charge in [-0.3, -0.25) is 14.9 Å². The van der Waals surface area contributed by atoms with Gasteiger partial charge in [0.25, 0.3) is 0 Å². The Hall–Kier alpha value is -2.70. The molecule has 0 atom stereocenters. The molecule has 2 aromatic rings. The molecular formula is C12H10N2O5. The van der Waals surface area contributed by atoms with Crippen LogP contribution in [0.2, 0.25) is 0 Å². The molecular weight excluding hydrogens is 252 g/mol. The Kier molecular flexibility index (Phi) is 3.56. The van der Waals surface area contributed by atoms with Gasteiger partial charge in [-0.25, -0.2) is 0 Å². The minimum atomic E-state index is -0.626.